The van der Waals surface area contributed by atoms with Gasteiger partial charge in [-0.1, -0.05) is 5.16 Å². The fraction of sp³-hybridized carbons (Fsp3) is 0.429. The molecule has 0 atom stereocenters. The molecule has 1 aromatic heterocycles. The first-order chi connectivity index (χ1) is 5.25. The van der Waals surface area contributed by atoms with Crippen LogP contribution in [-0.4, -0.2) is 17.8 Å². The Balaban J connectivity index is 0.00000121. The molecule has 0 saturated heterocycles. The van der Waals surface area contributed by atoms with E-state index in [0.29, 0.717) is 0 Å². The molecule has 0 saturated carbocycles. The van der Waals surface area contributed by atoms with Crippen LogP contribution >= 0.6 is 23.7 Å². The summed E-state index contributed by atoms with van der Waals surface area (Å²) < 4.78 is 0. The predicted octanol–water partition coefficient (Wildman–Crippen LogP) is 2.24. The monoisotopic (exact) mass is 206 g/mol. The van der Waals surface area contributed by atoms with Crippen LogP contribution in [0.4, 0.5) is 0 Å². The standard InChI is InChI=1S/C7H10N2OS.ClH/c1-5-7(11-4-8-5)6(2)9-10-3;/h4H,1-3H3;1H. The minimum atomic E-state index is 0. The first kappa shape index (κ1) is 11.4. The van der Waals surface area contributed by atoms with E-state index in [1.54, 1.807) is 24.0 Å². The largest absolute Gasteiger partial charge is 0.399 e. The second kappa shape index (κ2) is 5.11. The van der Waals surface area contributed by atoms with E-state index in [0.717, 1.165) is 16.3 Å². The zero-order chi connectivity index (χ0) is 8.27. The van der Waals surface area contributed by atoms with Crippen molar-refractivity contribution in [3.63, 3.8) is 0 Å². The molecule has 0 radical (unpaired) electrons. The van der Waals surface area contributed by atoms with Gasteiger partial charge in [-0.25, -0.2) is 4.98 Å². The molecule has 5 heteroatoms. The number of hydrogen-bond acceptors (Lipinski definition) is 4. The van der Waals surface area contributed by atoms with E-state index in [1.165, 1.54) is 0 Å². The number of nitrogens with zero attached hydrogens (tertiary/aromatic N) is 2. The molecule has 0 aliphatic carbocycles. The van der Waals surface area contributed by atoms with Gasteiger partial charge in [-0.05, 0) is 13.8 Å². The fourth-order valence-corrected chi connectivity index (χ4v) is 1.57. The molecule has 68 valence electrons. The molecule has 1 aromatic rings. The van der Waals surface area contributed by atoms with Crippen LogP contribution in [0.5, 0.6) is 0 Å². The second-order valence-corrected chi connectivity index (χ2v) is 2.98. The number of rotatable bonds is 2. The summed E-state index contributed by atoms with van der Waals surface area (Å²) in [6, 6.07) is 0. The van der Waals surface area contributed by atoms with Crippen LogP contribution in [0.3, 0.4) is 0 Å². The van der Waals surface area contributed by atoms with Gasteiger partial charge in [0.2, 0.25) is 0 Å². The number of aromatic nitrogens is 1. The van der Waals surface area contributed by atoms with Crippen LogP contribution in [-0.2, 0) is 4.84 Å². The Kier molecular flexibility index (Phi) is 4.85. The third-order valence-corrected chi connectivity index (χ3v) is 2.34. The molecule has 3 nitrogen and oxygen atoms in total. The Morgan fingerprint density at radius 2 is 2.33 bits per heavy atom. The van der Waals surface area contributed by atoms with E-state index >= 15 is 0 Å². The summed E-state index contributed by atoms with van der Waals surface area (Å²) in [5.41, 5.74) is 3.69. The maximum Gasteiger partial charge on any atom is 0.106 e. The van der Waals surface area contributed by atoms with Crippen LogP contribution < -0.4 is 0 Å². The highest BCUT2D eigenvalue weighted by atomic mass is 35.5. The van der Waals surface area contributed by atoms with Crippen molar-refractivity contribution in [2.24, 2.45) is 5.16 Å². The molecule has 0 unspecified atom stereocenters. The molecule has 0 fully saturated rings. The van der Waals surface area contributed by atoms with Gasteiger partial charge in [0, 0.05) is 0 Å². The highest BCUT2D eigenvalue weighted by molar-refractivity contribution is 7.12. The van der Waals surface area contributed by atoms with Gasteiger partial charge in [-0.15, -0.1) is 23.7 Å². The topological polar surface area (TPSA) is 34.5 Å². The fourth-order valence-electron chi connectivity index (χ4n) is 0.827. The third kappa shape index (κ3) is 2.46. The van der Waals surface area contributed by atoms with E-state index in [4.69, 9.17) is 0 Å². The van der Waals surface area contributed by atoms with E-state index in [1.807, 2.05) is 13.8 Å². The lowest BCUT2D eigenvalue weighted by Crippen LogP contribution is -1.94. The van der Waals surface area contributed by atoms with Crippen molar-refractivity contribution in [3.05, 3.63) is 16.1 Å². The Labute approximate surface area is 81.9 Å². The summed E-state index contributed by atoms with van der Waals surface area (Å²) >= 11 is 1.58. The maximum absolute atomic E-state index is 4.65. The summed E-state index contributed by atoms with van der Waals surface area (Å²) in [7, 11) is 1.54. The Morgan fingerprint density at radius 1 is 1.67 bits per heavy atom. The number of oxime groups is 1. The maximum atomic E-state index is 4.65. The SMILES string of the molecule is CON=C(C)c1scnc1C.Cl. The number of hydrogen-bond donors (Lipinski definition) is 0. The molecule has 0 aliphatic rings. The summed E-state index contributed by atoms with van der Waals surface area (Å²) in [5.74, 6) is 0. The van der Waals surface area contributed by atoms with E-state index < -0.39 is 0 Å². The Morgan fingerprint density at radius 3 is 2.75 bits per heavy atom. The minimum Gasteiger partial charge on any atom is -0.399 e. The molecular weight excluding hydrogens is 196 g/mol. The average molecular weight is 207 g/mol. The quantitative estimate of drug-likeness (QED) is 0.550. The lowest BCUT2D eigenvalue weighted by Gasteiger charge is -1.94. The highest BCUT2D eigenvalue weighted by Gasteiger charge is 2.04. The third-order valence-electron chi connectivity index (χ3n) is 1.30. The van der Waals surface area contributed by atoms with Crippen LogP contribution in [0.25, 0.3) is 0 Å². The molecule has 0 amide bonds. The minimum absolute atomic E-state index is 0. The number of thiazole rings is 1. The Hall–Kier alpha value is -0.610. The van der Waals surface area contributed by atoms with Crippen molar-refractivity contribution in [2.45, 2.75) is 13.8 Å². The van der Waals surface area contributed by atoms with Crippen molar-refractivity contribution in [2.75, 3.05) is 7.11 Å². The molecule has 1 rings (SSSR count). The summed E-state index contributed by atoms with van der Waals surface area (Å²) in [4.78, 5) is 9.84. The summed E-state index contributed by atoms with van der Waals surface area (Å²) in [5, 5.41) is 3.81. The van der Waals surface area contributed by atoms with E-state index in [9.17, 15) is 0 Å². The molecule has 0 bridgehead atoms. The highest BCUT2D eigenvalue weighted by Crippen LogP contribution is 2.12. The average Bonchev–Trinajstić information content (AvgIpc) is 2.36. The van der Waals surface area contributed by atoms with Crippen molar-refractivity contribution in [3.8, 4) is 0 Å². The molecule has 0 aromatic carbocycles. The van der Waals surface area contributed by atoms with Crippen molar-refractivity contribution in [1.29, 1.82) is 0 Å². The van der Waals surface area contributed by atoms with Crippen molar-refractivity contribution < 1.29 is 4.84 Å². The first-order valence-electron chi connectivity index (χ1n) is 3.24. The molecular formula is C7H11ClN2OS. The first-order valence-corrected chi connectivity index (χ1v) is 4.12. The second-order valence-electron chi connectivity index (χ2n) is 2.13. The zero-order valence-corrected chi connectivity index (χ0v) is 8.83. The Bertz CT molecular complexity index is 272. The van der Waals surface area contributed by atoms with Gasteiger partial charge in [-0.3, -0.25) is 0 Å². The van der Waals surface area contributed by atoms with Gasteiger partial charge in [0.25, 0.3) is 0 Å². The molecule has 12 heavy (non-hydrogen) atoms. The zero-order valence-electron chi connectivity index (χ0n) is 7.20. The van der Waals surface area contributed by atoms with Gasteiger partial charge < -0.3 is 4.84 Å². The van der Waals surface area contributed by atoms with Gasteiger partial charge in [0.15, 0.2) is 0 Å². The van der Waals surface area contributed by atoms with E-state index in [-0.39, 0.29) is 12.4 Å². The number of halogens is 1. The molecule has 0 spiro atoms. The van der Waals surface area contributed by atoms with Gasteiger partial charge >= 0.3 is 0 Å². The molecule has 1 heterocycles. The van der Waals surface area contributed by atoms with Crippen LogP contribution in [0.1, 0.15) is 17.5 Å². The van der Waals surface area contributed by atoms with Gasteiger partial charge in [-0.2, -0.15) is 0 Å². The van der Waals surface area contributed by atoms with Gasteiger partial charge in [0.1, 0.15) is 7.11 Å². The van der Waals surface area contributed by atoms with Crippen LogP contribution in [0.15, 0.2) is 10.7 Å². The smallest absolute Gasteiger partial charge is 0.106 e. The van der Waals surface area contributed by atoms with Crippen molar-refractivity contribution >= 4 is 29.5 Å². The lowest BCUT2D eigenvalue weighted by molar-refractivity contribution is 0.213. The lowest BCUT2D eigenvalue weighted by atomic mass is 10.3. The van der Waals surface area contributed by atoms with Crippen molar-refractivity contribution in [1.82, 2.24) is 4.98 Å². The molecule has 0 aliphatic heterocycles. The van der Waals surface area contributed by atoms with Crippen LogP contribution in [0.2, 0.25) is 0 Å². The normalized spacial score (nSPS) is 10.8. The summed E-state index contributed by atoms with van der Waals surface area (Å²) in [6.07, 6.45) is 0. The predicted molar refractivity (Wildman–Crippen MR) is 53.3 cm³/mol. The summed E-state index contributed by atoms with van der Waals surface area (Å²) in [6.45, 7) is 3.87. The van der Waals surface area contributed by atoms with Gasteiger partial charge in [0.05, 0.1) is 21.8 Å². The molecule has 0 N–H and O–H groups in total. The van der Waals surface area contributed by atoms with Crippen LogP contribution in [0, 0.1) is 6.92 Å². The van der Waals surface area contributed by atoms with E-state index in [2.05, 4.69) is 15.0 Å². The number of aryl methyl sites for hydroxylation is 1.